The molecule has 10 heteroatoms. The highest BCUT2D eigenvalue weighted by molar-refractivity contribution is 7.89. The molecule has 2 aromatic carbocycles. The van der Waals surface area contributed by atoms with Crippen molar-refractivity contribution in [2.75, 3.05) is 25.2 Å². The summed E-state index contributed by atoms with van der Waals surface area (Å²) >= 11 is 0. The van der Waals surface area contributed by atoms with Gasteiger partial charge in [0, 0.05) is 19.2 Å². The molecule has 1 amide bonds. The summed E-state index contributed by atoms with van der Waals surface area (Å²) < 4.78 is 52.3. The first-order valence-electron chi connectivity index (χ1n) is 9.97. The van der Waals surface area contributed by atoms with Crippen molar-refractivity contribution in [2.24, 2.45) is 0 Å². The van der Waals surface area contributed by atoms with Gasteiger partial charge in [-0.2, -0.15) is 4.31 Å². The molecule has 0 bridgehead atoms. The topological polar surface area (TPSA) is 93.2 Å². The number of hydrogen-bond donors (Lipinski definition) is 0. The van der Waals surface area contributed by atoms with Gasteiger partial charge in [-0.1, -0.05) is 5.92 Å². The number of amides is 1. The van der Waals surface area contributed by atoms with Crippen LogP contribution in [0.5, 0.6) is 5.75 Å². The Balaban J connectivity index is 2.06. The van der Waals surface area contributed by atoms with E-state index in [1.807, 2.05) is 0 Å². The Kier molecular flexibility index (Phi) is 7.36. The Labute approximate surface area is 191 Å². The summed E-state index contributed by atoms with van der Waals surface area (Å²) in [5.74, 6) is 4.00. The molecule has 0 saturated carbocycles. The number of carbonyl (C=O) groups excluding carboxylic acids is 2. The van der Waals surface area contributed by atoms with Gasteiger partial charge in [0.2, 0.25) is 15.9 Å². The van der Waals surface area contributed by atoms with Crippen LogP contribution in [0.25, 0.3) is 0 Å². The second-order valence-electron chi connectivity index (χ2n) is 7.18. The van der Waals surface area contributed by atoms with Crippen LogP contribution in [0.4, 0.5) is 10.1 Å². The second-order valence-corrected chi connectivity index (χ2v) is 9.07. The first-order valence-corrected chi connectivity index (χ1v) is 11.4. The van der Waals surface area contributed by atoms with Crippen LogP contribution >= 0.6 is 0 Å². The average molecular weight is 475 g/mol. The lowest BCUT2D eigenvalue weighted by atomic mass is 10.1. The Bertz CT molecular complexity index is 1220. The minimum Gasteiger partial charge on any atom is -0.481 e. The summed E-state index contributed by atoms with van der Waals surface area (Å²) in [6, 6.07) is 8.02. The number of hydrogen-bond acceptors (Lipinski definition) is 6. The number of methoxy groups -OCH3 is 1. The highest BCUT2D eigenvalue weighted by Crippen LogP contribution is 2.32. The van der Waals surface area contributed by atoms with E-state index in [1.165, 1.54) is 48.2 Å². The van der Waals surface area contributed by atoms with Crippen molar-refractivity contribution in [3.05, 3.63) is 53.8 Å². The summed E-state index contributed by atoms with van der Waals surface area (Å²) in [5, 5.41) is 0. The van der Waals surface area contributed by atoms with Gasteiger partial charge in [0.1, 0.15) is 24.2 Å². The zero-order valence-corrected chi connectivity index (χ0v) is 19.2. The summed E-state index contributed by atoms with van der Waals surface area (Å²) in [5.41, 5.74) is 0.578. The maximum Gasteiger partial charge on any atom is 0.326 e. The predicted octanol–water partition coefficient (Wildman–Crippen LogP) is 2.33. The first kappa shape index (κ1) is 24.2. The monoisotopic (exact) mass is 474 g/mol. The largest absolute Gasteiger partial charge is 0.481 e. The molecule has 1 aliphatic rings. The van der Waals surface area contributed by atoms with Crippen molar-refractivity contribution in [1.82, 2.24) is 4.31 Å². The maximum atomic E-state index is 14.0. The molecular formula is C23H23FN2O6S. The Morgan fingerprint density at radius 1 is 1.18 bits per heavy atom. The first-order chi connectivity index (χ1) is 15.7. The van der Waals surface area contributed by atoms with Crippen molar-refractivity contribution in [3.63, 3.8) is 0 Å². The van der Waals surface area contributed by atoms with E-state index in [2.05, 4.69) is 11.8 Å². The zero-order valence-electron chi connectivity index (χ0n) is 18.4. The fourth-order valence-electron chi connectivity index (χ4n) is 3.50. The number of anilines is 1. The van der Waals surface area contributed by atoms with Crippen LogP contribution < -0.4 is 9.64 Å². The van der Waals surface area contributed by atoms with Crippen LogP contribution in [0.15, 0.2) is 47.4 Å². The number of halogens is 1. The van der Waals surface area contributed by atoms with E-state index in [1.54, 1.807) is 6.92 Å². The van der Waals surface area contributed by atoms with E-state index in [-0.39, 0.29) is 30.2 Å². The normalized spacial score (nSPS) is 16.1. The molecule has 1 aliphatic heterocycles. The molecular weight excluding hydrogens is 451 g/mol. The lowest BCUT2D eigenvalue weighted by Crippen LogP contribution is -2.50. The predicted molar refractivity (Wildman–Crippen MR) is 118 cm³/mol. The van der Waals surface area contributed by atoms with Crippen LogP contribution in [-0.2, 0) is 30.9 Å². The lowest BCUT2D eigenvalue weighted by Gasteiger charge is -2.29. The number of carbonyl (C=O) groups is 2. The standard InChI is InChI=1S/C23H23FN2O6S/c1-4-5-12-32-19-7-9-20(10-8-19)33(29,30)26-14-17-13-18(24)6-11-21(17)25(16(2)27)15-22(26)23(28)31-3/h6-11,13,22H,12,14-15H2,1-3H3. The number of benzene rings is 2. The van der Waals surface area contributed by atoms with Gasteiger partial charge < -0.3 is 14.4 Å². The summed E-state index contributed by atoms with van der Waals surface area (Å²) in [6.07, 6.45) is 0. The molecule has 1 heterocycles. The molecule has 0 radical (unpaired) electrons. The number of sulfonamides is 1. The van der Waals surface area contributed by atoms with Crippen molar-refractivity contribution in [1.29, 1.82) is 0 Å². The van der Waals surface area contributed by atoms with Crippen molar-refractivity contribution >= 4 is 27.6 Å². The zero-order chi connectivity index (χ0) is 24.2. The highest BCUT2D eigenvalue weighted by Gasteiger charge is 2.41. The second kappa shape index (κ2) is 10.0. The van der Waals surface area contributed by atoms with E-state index in [0.29, 0.717) is 11.4 Å². The third-order valence-electron chi connectivity index (χ3n) is 5.13. The molecule has 8 nitrogen and oxygen atoms in total. The lowest BCUT2D eigenvalue weighted by molar-refractivity contribution is -0.144. The van der Waals surface area contributed by atoms with Gasteiger partial charge in [0.05, 0.1) is 18.6 Å². The molecule has 0 spiro atoms. The quantitative estimate of drug-likeness (QED) is 0.488. The van der Waals surface area contributed by atoms with Crippen molar-refractivity contribution < 1.29 is 31.9 Å². The molecule has 0 fully saturated rings. The van der Waals surface area contributed by atoms with Gasteiger partial charge in [-0.15, -0.1) is 5.92 Å². The van der Waals surface area contributed by atoms with Gasteiger partial charge in [0.25, 0.3) is 0 Å². The van der Waals surface area contributed by atoms with Crippen LogP contribution in [0.3, 0.4) is 0 Å². The Hall–Kier alpha value is -3.42. The molecule has 1 atom stereocenters. The van der Waals surface area contributed by atoms with E-state index in [4.69, 9.17) is 9.47 Å². The SMILES string of the molecule is CC#CCOc1ccc(S(=O)(=O)N2Cc3cc(F)ccc3N(C(C)=O)CC2C(=O)OC)cc1. The molecule has 33 heavy (non-hydrogen) atoms. The van der Waals surface area contributed by atoms with Crippen LogP contribution in [0, 0.1) is 17.7 Å². The third kappa shape index (κ3) is 5.16. The third-order valence-corrected chi connectivity index (χ3v) is 7.00. The van der Waals surface area contributed by atoms with Crippen LogP contribution in [0.1, 0.15) is 19.4 Å². The van der Waals surface area contributed by atoms with E-state index < -0.39 is 33.8 Å². The van der Waals surface area contributed by atoms with Gasteiger partial charge in [-0.25, -0.2) is 12.8 Å². The molecule has 1 unspecified atom stereocenters. The Morgan fingerprint density at radius 2 is 1.88 bits per heavy atom. The minimum atomic E-state index is -4.25. The molecule has 2 aromatic rings. The van der Waals surface area contributed by atoms with Crippen LogP contribution in [-0.4, -0.2) is 50.9 Å². The molecule has 174 valence electrons. The van der Waals surface area contributed by atoms with Crippen molar-refractivity contribution in [3.8, 4) is 17.6 Å². The number of rotatable bonds is 5. The molecule has 0 saturated heterocycles. The summed E-state index contributed by atoms with van der Waals surface area (Å²) in [7, 11) is -3.11. The number of fused-ring (bicyclic) bond motifs is 1. The number of nitrogens with zero attached hydrogens (tertiary/aromatic N) is 2. The molecule has 3 rings (SSSR count). The highest BCUT2D eigenvalue weighted by atomic mass is 32.2. The maximum absolute atomic E-state index is 14.0. The van der Waals surface area contributed by atoms with E-state index in [0.717, 1.165) is 17.5 Å². The fourth-order valence-corrected chi connectivity index (χ4v) is 5.05. The number of esters is 1. The summed E-state index contributed by atoms with van der Waals surface area (Å²) in [6.45, 7) is 2.50. The number of ether oxygens (including phenoxy) is 2. The van der Waals surface area contributed by atoms with Crippen LogP contribution in [0.2, 0.25) is 0 Å². The summed E-state index contributed by atoms with van der Waals surface area (Å²) in [4.78, 5) is 26.1. The average Bonchev–Trinajstić information content (AvgIpc) is 2.96. The minimum absolute atomic E-state index is 0.0976. The molecule has 0 N–H and O–H groups in total. The smallest absolute Gasteiger partial charge is 0.326 e. The molecule has 0 aromatic heterocycles. The van der Waals surface area contributed by atoms with E-state index in [9.17, 15) is 22.4 Å². The molecule has 0 aliphatic carbocycles. The fraction of sp³-hybridized carbons (Fsp3) is 0.304. The van der Waals surface area contributed by atoms with E-state index >= 15 is 0 Å². The Morgan fingerprint density at radius 3 is 2.48 bits per heavy atom. The van der Waals surface area contributed by atoms with Gasteiger partial charge in [-0.05, 0) is 55.0 Å². The van der Waals surface area contributed by atoms with Gasteiger partial charge in [0.15, 0.2) is 0 Å². The van der Waals surface area contributed by atoms with Gasteiger partial charge in [-0.3, -0.25) is 9.59 Å². The van der Waals surface area contributed by atoms with Gasteiger partial charge >= 0.3 is 5.97 Å². The van der Waals surface area contributed by atoms with Crippen molar-refractivity contribution in [2.45, 2.75) is 31.3 Å².